The molecular weight excluding hydrogens is 402 g/mol. The van der Waals surface area contributed by atoms with Crippen molar-refractivity contribution in [3.63, 3.8) is 0 Å². The molecule has 6 nitrogen and oxygen atoms in total. The van der Waals surface area contributed by atoms with Gasteiger partial charge in [-0.25, -0.2) is 0 Å². The summed E-state index contributed by atoms with van der Waals surface area (Å²) in [5, 5.41) is 0. The number of piperidine rings is 1. The van der Waals surface area contributed by atoms with Crippen LogP contribution in [0.3, 0.4) is 0 Å². The molecule has 32 heavy (non-hydrogen) atoms. The molecule has 0 radical (unpaired) electrons. The fourth-order valence-electron chi connectivity index (χ4n) is 5.09. The van der Waals surface area contributed by atoms with Crippen LogP contribution in [0.5, 0.6) is 11.5 Å². The normalized spacial score (nSPS) is 18.6. The van der Waals surface area contributed by atoms with Crippen molar-refractivity contribution in [2.75, 3.05) is 40.4 Å². The van der Waals surface area contributed by atoms with Crippen molar-refractivity contribution in [1.82, 2.24) is 14.8 Å². The molecule has 0 spiro atoms. The van der Waals surface area contributed by atoms with Gasteiger partial charge in [0.25, 0.3) is 5.91 Å². The zero-order chi connectivity index (χ0) is 22.3. The summed E-state index contributed by atoms with van der Waals surface area (Å²) in [5.41, 5.74) is 3.11. The maximum atomic E-state index is 12.9. The van der Waals surface area contributed by atoms with Gasteiger partial charge in [-0.2, -0.15) is 0 Å². The van der Waals surface area contributed by atoms with Crippen LogP contribution >= 0.6 is 0 Å². The van der Waals surface area contributed by atoms with E-state index in [2.05, 4.69) is 16.0 Å². The van der Waals surface area contributed by atoms with Crippen LogP contribution in [-0.4, -0.2) is 61.1 Å². The fraction of sp³-hybridized carbons (Fsp3) is 0.538. The summed E-state index contributed by atoms with van der Waals surface area (Å²) in [7, 11) is 3.24. The molecule has 0 N–H and O–H groups in total. The smallest absolute Gasteiger partial charge is 0.254 e. The highest BCUT2D eigenvalue weighted by atomic mass is 16.5. The number of carbonyl (C=O) groups is 1. The number of aryl methyl sites for hydroxylation is 1. The van der Waals surface area contributed by atoms with Gasteiger partial charge in [0.2, 0.25) is 0 Å². The summed E-state index contributed by atoms with van der Waals surface area (Å²) in [6.45, 7) is 5.05. The summed E-state index contributed by atoms with van der Waals surface area (Å²) >= 11 is 0. The highest BCUT2D eigenvalue weighted by molar-refractivity contribution is 5.99. The van der Waals surface area contributed by atoms with Crippen LogP contribution in [0.4, 0.5) is 0 Å². The zero-order valence-corrected chi connectivity index (χ0v) is 19.4. The van der Waals surface area contributed by atoms with Crippen LogP contribution in [0.25, 0.3) is 0 Å². The first kappa shape index (κ1) is 22.6. The number of pyridine rings is 1. The highest BCUT2D eigenvalue weighted by Crippen LogP contribution is 2.35. The van der Waals surface area contributed by atoms with Gasteiger partial charge < -0.3 is 19.3 Å². The van der Waals surface area contributed by atoms with E-state index in [9.17, 15) is 4.79 Å². The minimum absolute atomic E-state index is 0.113. The molecule has 2 aliphatic heterocycles. The first-order chi connectivity index (χ1) is 15.7. The molecule has 1 amide bonds. The van der Waals surface area contributed by atoms with E-state index in [-0.39, 0.29) is 5.91 Å². The van der Waals surface area contributed by atoms with Crippen molar-refractivity contribution in [1.29, 1.82) is 0 Å². The molecule has 1 saturated heterocycles. The maximum Gasteiger partial charge on any atom is 0.254 e. The number of aromatic nitrogens is 1. The number of methoxy groups -OCH3 is 2. The molecule has 1 atom stereocenters. The van der Waals surface area contributed by atoms with Crippen LogP contribution in [0.15, 0.2) is 36.7 Å². The number of likely N-dealkylation sites (tertiary alicyclic amines) is 1. The molecule has 1 aromatic carbocycles. The molecule has 1 fully saturated rings. The number of nitrogens with zero attached hydrogens (tertiary/aromatic N) is 3. The van der Waals surface area contributed by atoms with E-state index >= 15 is 0 Å². The number of rotatable bonds is 10. The quantitative estimate of drug-likeness (QED) is 0.558. The van der Waals surface area contributed by atoms with Crippen molar-refractivity contribution in [3.8, 4) is 11.5 Å². The molecule has 0 aliphatic carbocycles. The number of hydrogen-bond donors (Lipinski definition) is 0. The Bertz CT molecular complexity index is 903. The number of amides is 1. The molecule has 2 aromatic rings. The standard InChI is InChI=1S/C26H35N3O3/c1-31-24-15-22-19-29(26(30)23(22)16-25(24)32-2)14-6-10-21-9-5-13-28(18-21)12-4-8-20-7-3-11-27-17-20/h3,7,11,15-17,21H,4-6,8-10,12-14,18-19H2,1-2H3. The largest absolute Gasteiger partial charge is 0.493 e. The average Bonchev–Trinajstić information content (AvgIpc) is 3.13. The zero-order valence-electron chi connectivity index (χ0n) is 19.4. The Morgan fingerprint density at radius 3 is 2.75 bits per heavy atom. The summed E-state index contributed by atoms with van der Waals surface area (Å²) in [6.07, 6.45) is 10.9. The SMILES string of the molecule is COc1cc2c(cc1OC)C(=O)N(CCCC1CCCN(CCCc3cccnc3)C1)C2. The second-order valence-corrected chi connectivity index (χ2v) is 9.01. The third kappa shape index (κ3) is 5.41. The van der Waals surface area contributed by atoms with Crippen LogP contribution < -0.4 is 9.47 Å². The number of hydrogen-bond acceptors (Lipinski definition) is 5. The predicted molar refractivity (Wildman–Crippen MR) is 125 cm³/mol. The molecule has 0 bridgehead atoms. The Hall–Kier alpha value is -2.60. The third-order valence-electron chi connectivity index (χ3n) is 6.79. The minimum atomic E-state index is 0.113. The fourth-order valence-corrected chi connectivity index (χ4v) is 5.09. The van der Waals surface area contributed by atoms with E-state index in [1.165, 1.54) is 44.3 Å². The Labute approximate surface area is 191 Å². The third-order valence-corrected chi connectivity index (χ3v) is 6.79. The van der Waals surface area contributed by atoms with E-state index in [0.717, 1.165) is 43.0 Å². The molecule has 3 heterocycles. The lowest BCUT2D eigenvalue weighted by Gasteiger charge is -2.33. The first-order valence-corrected chi connectivity index (χ1v) is 11.8. The summed E-state index contributed by atoms with van der Waals surface area (Å²) in [5.74, 6) is 2.16. The van der Waals surface area contributed by atoms with E-state index in [1.807, 2.05) is 35.5 Å². The topological polar surface area (TPSA) is 54.9 Å². The molecule has 1 aromatic heterocycles. The highest BCUT2D eigenvalue weighted by Gasteiger charge is 2.29. The van der Waals surface area contributed by atoms with Crippen LogP contribution in [0, 0.1) is 5.92 Å². The molecule has 2 aliphatic rings. The van der Waals surface area contributed by atoms with Crippen molar-refractivity contribution in [2.45, 2.75) is 45.1 Å². The van der Waals surface area contributed by atoms with Crippen molar-refractivity contribution in [2.24, 2.45) is 5.92 Å². The number of fused-ring (bicyclic) bond motifs is 1. The first-order valence-electron chi connectivity index (χ1n) is 11.8. The number of benzene rings is 1. The predicted octanol–water partition coefficient (Wildman–Crippen LogP) is 4.18. The second-order valence-electron chi connectivity index (χ2n) is 9.01. The average molecular weight is 438 g/mol. The van der Waals surface area contributed by atoms with E-state index in [1.54, 1.807) is 14.2 Å². The van der Waals surface area contributed by atoms with Crippen LogP contribution in [0.1, 0.15) is 53.6 Å². The number of ether oxygens (including phenoxy) is 2. The van der Waals surface area contributed by atoms with E-state index in [4.69, 9.17) is 9.47 Å². The molecule has 172 valence electrons. The van der Waals surface area contributed by atoms with Gasteiger partial charge in [0.1, 0.15) is 0 Å². The van der Waals surface area contributed by atoms with E-state index in [0.29, 0.717) is 18.0 Å². The molecule has 0 saturated carbocycles. The summed E-state index contributed by atoms with van der Waals surface area (Å²) in [6, 6.07) is 7.94. The van der Waals surface area contributed by atoms with Crippen molar-refractivity contribution < 1.29 is 14.3 Å². The summed E-state index contributed by atoms with van der Waals surface area (Å²) < 4.78 is 10.8. The van der Waals surface area contributed by atoms with Gasteiger partial charge in [0.05, 0.1) is 14.2 Å². The lowest BCUT2D eigenvalue weighted by molar-refractivity contribution is 0.0769. The Morgan fingerprint density at radius 2 is 1.97 bits per heavy atom. The summed E-state index contributed by atoms with van der Waals surface area (Å²) in [4.78, 5) is 21.7. The number of carbonyl (C=O) groups excluding carboxylic acids is 1. The van der Waals surface area contributed by atoms with Crippen molar-refractivity contribution in [3.05, 3.63) is 53.3 Å². The van der Waals surface area contributed by atoms with Gasteiger partial charge >= 0.3 is 0 Å². The van der Waals surface area contributed by atoms with E-state index < -0.39 is 0 Å². The molecule has 6 heteroatoms. The Balaban J connectivity index is 1.21. The lowest BCUT2D eigenvalue weighted by Crippen LogP contribution is -2.36. The van der Waals surface area contributed by atoms with Gasteiger partial charge in [-0.3, -0.25) is 9.78 Å². The van der Waals surface area contributed by atoms with Gasteiger partial charge in [-0.05, 0) is 86.9 Å². The van der Waals surface area contributed by atoms with Crippen molar-refractivity contribution >= 4 is 5.91 Å². The van der Waals surface area contributed by atoms with Gasteiger partial charge in [0, 0.05) is 37.6 Å². The molecular formula is C26H35N3O3. The Kier molecular flexibility index (Phi) is 7.63. The van der Waals surface area contributed by atoms with Crippen LogP contribution in [-0.2, 0) is 13.0 Å². The lowest BCUT2D eigenvalue weighted by atomic mass is 9.93. The molecule has 1 unspecified atom stereocenters. The molecule has 4 rings (SSSR count). The minimum Gasteiger partial charge on any atom is -0.493 e. The van der Waals surface area contributed by atoms with Gasteiger partial charge in [0.15, 0.2) is 11.5 Å². The maximum absolute atomic E-state index is 12.9. The monoisotopic (exact) mass is 437 g/mol. The van der Waals surface area contributed by atoms with Gasteiger partial charge in [-0.15, -0.1) is 0 Å². The van der Waals surface area contributed by atoms with Crippen LogP contribution in [0.2, 0.25) is 0 Å². The van der Waals surface area contributed by atoms with Gasteiger partial charge in [-0.1, -0.05) is 6.07 Å². The Morgan fingerprint density at radius 1 is 1.12 bits per heavy atom. The second kappa shape index (κ2) is 10.8.